The van der Waals surface area contributed by atoms with E-state index in [1.54, 1.807) is 0 Å². The van der Waals surface area contributed by atoms with Crippen LogP contribution in [0.3, 0.4) is 0 Å². The summed E-state index contributed by atoms with van der Waals surface area (Å²) in [6.45, 7) is 6.44. The zero-order chi connectivity index (χ0) is 16.4. The first-order chi connectivity index (χ1) is 10.9. The lowest BCUT2D eigenvalue weighted by atomic mass is 10.1. The van der Waals surface area contributed by atoms with E-state index >= 15 is 0 Å². The number of benzene rings is 1. The van der Waals surface area contributed by atoms with E-state index in [1.807, 2.05) is 36.5 Å². The van der Waals surface area contributed by atoms with Crippen LogP contribution in [0.5, 0.6) is 0 Å². The Kier molecular flexibility index (Phi) is 4.26. The quantitative estimate of drug-likeness (QED) is 0.662. The lowest BCUT2D eigenvalue weighted by Gasteiger charge is -2.22. The Morgan fingerprint density at radius 1 is 1.04 bits per heavy atom. The molecule has 0 bridgehead atoms. The van der Waals surface area contributed by atoms with Gasteiger partial charge in [-0.15, -0.1) is 0 Å². The Balaban J connectivity index is 2.08. The minimum Gasteiger partial charge on any atom is -0.365 e. The summed E-state index contributed by atoms with van der Waals surface area (Å²) < 4.78 is 3.11. The zero-order valence-electron chi connectivity index (χ0n) is 13.5. The number of rotatable bonds is 3. The summed E-state index contributed by atoms with van der Waals surface area (Å²) in [4.78, 5) is 4.75. The number of fused-ring (bicyclic) bond motifs is 1. The first-order valence-electron chi connectivity index (χ1n) is 7.61. The Labute approximate surface area is 145 Å². The van der Waals surface area contributed by atoms with Crippen LogP contribution in [0.25, 0.3) is 17.8 Å². The SMILES string of the molecule is CC(C)(C)Nc1c(C=Cc2ccccc2)nc2ccc(Br)cn12. The van der Waals surface area contributed by atoms with Crippen LogP contribution >= 0.6 is 15.9 Å². The molecule has 3 nitrogen and oxygen atoms in total. The van der Waals surface area contributed by atoms with Gasteiger partial charge in [0.05, 0.1) is 0 Å². The van der Waals surface area contributed by atoms with Gasteiger partial charge in [0.1, 0.15) is 17.2 Å². The highest BCUT2D eigenvalue weighted by Gasteiger charge is 2.16. The summed E-state index contributed by atoms with van der Waals surface area (Å²) in [6, 6.07) is 14.3. The van der Waals surface area contributed by atoms with Gasteiger partial charge in [0.2, 0.25) is 0 Å². The third-order valence-electron chi connectivity index (χ3n) is 3.34. The molecule has 23 heavy (non-hydrogen) atoms. The average molecular weight is 370 g/mol. The Morgan fingerprint density at radius 2 is 1.78 bits per heavy atom. The molecule has 0 radical (unpaired) electrons. The zero-order valence-corrected chi connectivity index (χ0v) is 15.1. The first-order valence-corrected chi connectivity index (χ1v) is 8.41. The summed E-state index contributed by atoms with van der Waals surface area (Å²) in [5.74, 6) is 1.00. The van der Waals surface area contributed by atoms with Gasteiger partial charge in [0, 0.05) is 16.2 Å². The smallest absolute Gasteiger partial charge is 0.139 e. The van der Waals surface area contributed by atoms with Crippen LogP contribution in [0.15, 0.2) is 53.1 Å². The summed E-state index contributed by atoms with van der Waals surface area (Å²) in [7, 11) is 0. The molecule has 0 saturated heterocycles. The highest BCUT2D eigenvalue weighted by molar-refractivity contribution is 9.10. The molecule has 0 atom stereocenters. The predicted octanol–water partition coefficient (Wildman–Crippen LogP) is 5.48. The van der Waals surface area contributed by atoms with Crippen molar-refractivity contribution in [2.24, 2.45) is 0 Å². The van der Waals surface area contributed by atoms with Crippen molar-refractivity contribution in [3.05, 3.63) is 64.4 Å². The molecular formula is C19H20BrN3. The molecule has 0 fully saturated rings. The van der Waals surface area contributed by atoms with Crippen molar-refractivity contribution in [2.45, 2.75) is 26.3 Å². The summed E-state index contributed by atoms with van der Waals surface area (Å²) >= 11 is 3.54. The highest BCUT2D eigenvalue weighted by Crippen LogP contribution is 2.25. The number of hydrogen-bond donors (Lipinski definition) is 1. The van der Waals surface area contributed by atoms with E-state index in [2.05, 4.69) is 70.7 Å². The van der Waals surface area contributed by atoms with Gasteiger partial charge in [-0.2, -0.15) is 0 Å². The Bertz CT molecular complexity index is 842. The van der Waals surface area contributed by atoms with E-state index in [0.29, 0.717) is 0 Å². The summed E-state index contributed by atoms with van der Waals surface area (Å²) in [6.07, 6.45) is 6.19. The van der Waals surface area contributed by atoms with Gasteiger partial charge >= 0.3 is 0 Å². The number of aromatic nitrogens is 2. The fraction of sp³-hybridized carbons (Fsp3) is 0.211. The molecule has 0 aliphatic carbocycles. The van der Waals surface area contributed by atoms with Crippen molar-refractivity contribution in [1.29, 1.82) is 0 Å². The van der Waals surface area contributed by atoms with E-state index in [9.17, 15) is 0 Å². The van der Waals surface area contributed by atoms with Crippen molar-refractivity contribution in [3.63, 3.8) is 0 Å². The molecule has 118 valence electrons. The molecule has 1 aromatic carbocycles. The second-order valence-corrected chi connectivity index (χ2v) is 7.46. The van der Waals surface area contributed by atoms with Crippen molar-refractivity contribution >= 4 is 39.5 Å². The Hall–Kier alpha value is -2.07. The van der Waals surface area contributed by atoms with E-state index in [-0.39, 0.29) is 5.54 Å². The van der Waals surface area contributed by atoms with E-state index in [1.165, 1.54) is 0 Å². The number of anilines is 1. The van der Waals surface area contributed by atoms with Gasteiger partial charge in [-0.05, 0) is 60.5 Å². The van der Waals surface area contributed by atoms with Crippen molar-refractivity contribution in [2.75, 3.05) is 5.32 Å². The molecule has 1 N–H and O–H groups in total. The monoisotopic (exact) mass is 369 g/mol. The number of imidazole rings is 1. The maximum atomic E-state index is 4.75. The number of nitrogens with zero attached hydrogens (tertiary/aromatic N) is 2. The van der Waals surface area contributed by atoms with Gasteiger partial charge in [0.15, 0.2) is 0 Å². The predicted molar refractivity (Wildman–Crippen MR) is 102 cm³/mol. The topological polar surface area (TPSA) is 29.3 Å². The molecule has 2 aromatic heterocycles. The molecule has 0 saturated carbocycles. The van der Waals surface area contributed by atoms with Gasteiger partial charge < -0.3 is 5.32 Å². The first kappa shape index (κ1) is 15.8. The third-order valence-corrected chi connectivity index (χ3v) is 3.81. The van der Waals surface area contributed by atoms with Gasteiger partial charge in [0.25, 0.3) is 0 Å². The molecule has 0 unspecified atom stereocenters. The normalized spacial score (nSPS) is 12.2. The lowest BCUT2D eigenvalue weighted by Crippen LogP contribution is -2.27. The highest BCUT2D eigenvalue weighted by atomic mass is 79.9. The van der Waals surface area contributed by atoms with E-state index in [4.69, 9.17) is 4.98 Å². The molecule has 0 aliphatic rings. The average Bonchev–Trinajstić information content (AvgIpc) is 2.82. The molecular weight excluding hydrogens is 350 g/mol. The molecule has 3 aromatic rings. The molecule has 0 aliphatic heterocycles. The molecule has 0 spiro atoms. The number of nitrogens with one attached hydrogen (secondary N) is 1. The number of halogens is 1. The number of pyridine rings is 1. The number of hydrogen-bond acceptors (Lipinski definition) is 2. The third kappa shape index (κ3) is 3.82. The van der Waals surface area contributed by atoms with Gasteiger partial charge in [-0.25, -0.2) is 4.98 Å². The standard InChI is InChI=1S/C19H20BrN3/c1-19(2,3)22-18-16(11-9-14-7-5-4-6-8-14)21-17-12-10-15(20)13-23(17)18/h4-13,22H,1-3H3. The van der Waals surface area contributed by atoms with Crippen LogP contribution in [0, 0.1) is 0 Å². The molecule has 3 rings (SSSR count). The fourth-order valence-electron chi connectivity index (χ4n) is 2.37. The van der Waals surface area contributed by atoms with Crippen molar-refractivity contribution in [1.82, 2.24) is 9.38 Å². The minimum absolute atomic E-state index is 0.0480. The van der Waals surface area contributed by atoms with E-state index in [0.717, 1.165) is 27.2 Å². The fourth-order valence-corrected chi connectivity index (χ4v) is 2.71. The van der Waals surface area contributed by atoms with Crippen molar-refractivity contribution in [3.8, 4) is 0 Å². The van der Waals surface area contributed by atoms with Crippen LogP contribution in [-0.4, -0.2) is 14.9 Å². The van der Waals surface area contributed by atoms with Crippen LogP contribution in [-0.2, 0) is 0 Å². The van der Waals surface area contributed by atoms with Crippen LogP contribution in [0.1, 0.15) is 32.0 Å². The lowest BCUT2D eigenvalue weighted by molar-refractivity contribution is 0.629. The minimum atomic E-state index is -0.0480. The van der Waals surface area contributed by atoms with Gasteiger partial charge in [-0.1, -0.05) is 36.4 Å². The molecule has 2 heterocycles. The molecule has 0 amide bonds. The maximum Gasteiger partial charge on any atom is 0.139 e. The summed E-state index contributed by atoms with van der Waals surface area (Å²) in [5, 5.41) is 3.56. The Morgan fingerprint density at radius 3 is 2.48 bits per heavy atom. The van der Waals surface area contributed by atoms with Crippen LogP contribution in [0.2, 0.25) is 0 Å². The van der Waals surface area contributed by atoms with E-state index < -0.39 is 0 Å². The second-order valence-electron chi connectivity index (χ2n) is 6.54. The second kappa shape index (κ2) is 6.20. The molecule has 4 heteroatoms. The van der Waals surface area contributed by atoms with Crippen molar-refractivity contribution < 1.29 is 0 Å². The maximum absolute atomic E-state index is 4.75. The van der Waals surface area contributed by atoms with Gasteiger partial charge in [-0.3, -0.25) is 4.40 Å². The summed E-state index contributed by atoms with van der Waals surface area (Å²) in [5.41, 5.74) is 2.97. The van der Waals surface area contributed by atoms with Crippen LogP contribution < -0.4 is 5.32 Å². The largest absolute Gasteiger partial charge is 0.365 e. The van der Waals surface area contributed by atoms with Crippen LogP contribution in [0.4, 0.5) is 5.82 Å².